The Morgan fingerprint density at radius 3 is 2.30 bits per heavy atom. The van der Waals surface area contributed by atoms with E-state index in [0.717, 1.165) is 36.7 Å². The van der Waals surface area contributed by atoms with E-state index in [4.69, 9.17) is 22.1 Å². The van der Waals surface area contributed by atoms with Crippen LogP contribution < -0.4 is 15.4 Å². The van der Waals surface area contributed by atoms with Crippen LogP contribution in [0, 0.1) is 5.92 Å². The van der Waals surface area contributed by atoms with Gasteiger partial charge in [-0.05, 0) is 105 Å². The molecule has 6 heteroatoms. The molecule has 1 atom stereocenters. The van der Waals surface area contributed by atoms with Gasteiger partial charge in [0.1, 0.15) is 5.75 Å². The molecule has 37 heavy (non-hydrogen) atoms. The van der Waals surface area contributed by atoms with E-state index in [1.807, 2.05) is 6.07 Å². The smallest absolute Gasteiger partial charge is 0.222 e. The van der Waals surface area contributed by atoms with E-state index in [1.165, 1.54) is 68.6 Å². The quantitative estimate of drug-likeness (QED) is 0.445. The summed E-state index contributed by atoms with van der Waals surface area (Å²) in [5.74, 6) is 0.684. The maximum atomic E-state index is 11.2. The number of carbonyl (C=O) groups excluding carboxylic acids is 1. The van der Waals surface area contributed by atoms with Gasteiger partial charge in [-0.25, -0.2) is 0 Å². The highest BCUT2D eigenvalue weighted by atomic mass is 35.5. The lowest BCUT2D eigenvalue weighted by atomic mass is 9.87. The predicted molar refractivity (Wildman–Crippen MR) is 154 cm³/mol. The van der Waals surface area contributed by atoms with Gasteiger partial charge in [-0.2, -0.15) is 0 Å². The molecule has 0 radical (unpaired) electrons. The van der Waals surface area contributed by atoms with Gasteiger partial charge in [0.05, 0.1) is 17.0 Å². The number of nitrogens with two attached hydrogens (primary N) is 1. The van der Waals surface area contributed by atoms with Crippen LogP contribution in [-0.4, -0.2) is 49.6 Å². The van der Waals surface area contributed by atoms with Crippen LogP contribution in [-0.2, 0) is 16.6 Å². The van der Waals surface area contributed by atoms with Crippen LogP contribution in [0.5, 0.6) is 5.75 Å². The first-order valence-corrected chi connectivity index (χ1v) is 14.4. The van der Waals surface area contributed by atoms with E-state index in [-0.39, 0.29) is 17.2 Å². The summed E-state index contributed by atoms with van der Waals surface area (Å²) in [6.45, 7) is 12.1. The normalized spacial score (nSPS) is 20.0. The molecule has 3 aliphatic rings. The van der Waals surface area contributed by atoms with Gasteiger partial charge in [-0.1, -0.05) is 50.6 Å². The number of anilines is 1. The summed E-state index contributed by atoms with van der Waals surface area (Å²) >= 11 is 6.27. The maximum absolute atomic E-state index is 11.2. The lowest BCUT2D eigenvalue weighted by Gasteiger charge is -2.22. The third kappa shape index (κ3) is 8.38. The van der Waals surface area contributed by atoms with Gasteiger partial charge < -0.3 is 20.3 Å². The number of halogens is 1. The molecule has 2 aromatic rings. The summed E-state index contributed by atoms with van der Waals surface area (Å²) in [5, 5.41) is 0.769. The van der Waals surface area contributed by atoms with Crippen LogP contribution in [0.25, 0.3) is 0 Å². The highest BCUT2D eigenvalue weighted by Gasteiger charge is 2.27. The third-order valence-corrected chi connectivity index (χ3v) is 7.94. The lowest BCUT2D eigenvalue weighted by Crippen LogP contribution is -2.27. The van der Waals surface area contributed by atoms with Crippen molar-refractivity contribution >= 4 is 23.2 Å². The summed E-state index contributed by atoms with van der Waals surface area (Å²) in [5.41, 5.74) is 9.38. The fourth-order valence-electron chi connectivity index (χ4n) is 5.07. The average molecular weight is 526 g/mol. The summed E-state index contributed by atoms with van der Waals surface area (Å²) in [4.78, 5) is 16.0. The molecule has 2 N–H and O–H groups in total. The Labute approximate surface area is 228 Å². The van der Waals surface area contributed by atoms with Crippen LogP contribution in [0.3, 0.4) is 0 Å². The van der Waals surface area contributed by atoms with Crippen molar-refractivity contribution in [3.63, 3.8) is 0 Å². The Hall–Kier alpha value is -2.24. The molecule has 2 saturated heterocycles. The fraction of sp³-hybridized carbons (Fsp3) is 0.581. The van der Waals surface area contributed by atoms with Crippen molar-refractivity contribution < 1.29 is 9.53 Å². The second-order valence-corrected chi connectivity index (χ2v) is 12.3. The number of hydrogen-bond acceptors (Lipinski definition) is 4. The van der Waals surface area contributed by atoms with Gasteiger partial charge >= 0.3 is 0 Å². The van der Waals surface area contributed by atoms with Crippen molar-refractivity contribution in [2.24, 2.45) is 11.7 Å². The van der Waals surface area contributed by atoms with Crippen LogP contribution in [0.4, 0.5) is 5.69 Å². The SMILES string of the molecule is CC(C)(C)c1ccc(N2CCC(C(N)=O)C2)cc1.Clc1cc(CCCN2CCCC2)ccc1OC1CC1. The molecule has 5 rings (SSSR count). The topological polar surface area (TPSA) is 58.8 Å². The molecule has 0 bridgehead atoms. The predicted octanol–water partition coefficient (Wildman–Crippen LogP) is 6.21. The third-order valence-electron chi connectivity index (χ3n) is 7.64. The van der Waals surface area contributed by atoms with Crippen molar-refractivity contribution in [3.8, 4) is 5.75 Å². The first-order chi connectivity index (χ1) is 17.7. The number of ether oxygens (including phenoxy) is 1. The number of rotatable bonds is 8. The van der Waals surface area contributed by atoms with E-state index >= 15 is 0 Å². The molecule has 202 valence electrons. The molecule has 5 nitrogen and oxygen atoms in total. The van der Waals surface area contributed by atoms with Crippen molar-refractivity contribution in [2.75, 3.05) is 37.6 Å². The molecule has 1 saturated carbocycles. The Balaban J connectivity index is 0.000000173. The number of amides is 1. The van der Waals surface area contributed by atoms with Gasteiger partial charge in [0.25, 0.3) is 0 Å². The van der Waals surface area contributed by atoms with Gasteiger partial charge in [0.2, 0.25) is 5.91 Å². The number of nitrogens with zero attached hydrogens (tertiary/aromatic N) is 2. The highest BCUT2D eigenvalue weighted by Crippen LogP contribution is 2.32. The second-order valence-electron chi connectivity index (χ2n) is 11.9. The van der Waals surface area contributed by atoms with Crippen LogP contribution in [0.1, 0.15) is 70.4 Å². The summed E-state index contributed by atoms with van der Waals surface area (Å²) < 4.78 is 5.76. The van der Waals surface area contributed by atoms with Crippen LogP contribution >= 0.6 is 11.6 Å². The highest BCUT2D eigenvalue weighted by molar-refractivity contribution is 6.32. The molecular formula is C31H44ClN3O2. The number of carbonyl (C=O) groups is 1. The number of likely N-dealkylation sites (tertiary alicyclic amines) is 1. The lowest BCUT2D eigenvalue weighted by molar-refractivity contribution is -0.121. The number of primary amides is 1. The van der Waals surface area contributed by atoms with E-state index < -0.39 is 0 Å². The zero-order valence-corrected chi connectivity index (χ0v) is 23.6. The first-order valence-electron chi connectivity index (χ1n) is 14.0. The number of hydrogen-bond donors (Lipinski definition) is 1. The Morgan fingerprint density at radius 2 is 1.73 bits per heavy atom. The van der Waals surface area contributed by atoms with Gasteiger partial charge in [0.15, 0.2) is 0 Å². The monoisotopic (exact) mass is 525 g/mol. The largest absolute Gasteiger partial charge is 0.489 e. The standard InChI is InChI=1S/C16H22ClNO.C15H22N2O/c17-15-12-13(4-3-11-18-9-1-2-10-18)5-8-16(15)19-14-6-7-14;1-15(2,3)12-4-6-13(7-5-12)17-9-8-11(10-17)14(16)18/h5,8,12,14H,1-4,6-7,9-11H2;4-7,11H,8-10H2,1-3H3,(H2,16,18). The van der Waals surface area contributed by atoms with Gasteiger partial charge in [0, 0.05) is 18.8 Å². The van der Waals surface area contributed by atoms with Crippen molar-refractivity contribution in [1.29, 1.82) is 0 Å². The Bertz CT molecular complexity index is 1020. The first kappa shape index (κ1) is 27.8. The molecule has 1 aliphatic carbocycles. The van der Waals surface area contributed by atoms with Crippen molar-refractivity contribution in [1.82, 2.24) is 4.90 Å². The zero-order valence-electron chi connectivity index (χ0n) is 22.8. The van der Waals surface area contributed by atoms with Crippen LogP contribution in [0.15, 0.2) is 42.5 Å². The Morgan fingerprint density at radius 1 is 1.03 bits per heavy atom. The molecule has 2 aliphatic heterocycles. The molecule has 1 unspecified atom stereocenters. The molecule has 0 spiro atoms. The molecule has 0 aromatic heterocycles. The fourth-order valence-corrected chi connectivity index (χ4v) is 5.32. The van der Waals surface area contributed by atoms with E-state index in [2.05, 4.69) is 67.0 Å². The van der Waals surface area contributed by atoms with Gasteiger partial charge in [-0.15, -0.1) is 0 Å². The summed E-state index contributed by atoms with van der Waals surface area (Å²) in [7, 11) is 0. The summed E-state index contributed by atoms with van der Waals surface area (Å²) in [6.07, 6.45) is 8.72. The van der Waals surface area contributed by atoms with Crippen molar-refractivity contribution in [3.05, 3.63) is 58.6 Å². The molecule has 3 fully saturated rings. The molecular weight excluding hydrogens is 482 g/mol. The Kier molecular flexibility index (Phi) is 9.41. The molecule has 1 amide bonds. The summed E-state index contributed by atoms with van der Waals surface area (Å²) in [6, 6.07) is 14.9. The number of aryl methyl sites for hydroxylation is 1. The molecule has 2 aromatic carbocycles. The second kappa shape index (κ2) is 12.5. The maximum Gasteiger partial charge on any atom is 0.222 e. The minimum absolute atomic E-state index is 0.00675. The number of benzene rings is 2. The average Bonchev–Trinajstić information content (AvgIpc) is 3.31. The van der Waals surface area contributed by atoms with E-state index in [1.54, 1.807) is 0 Å². The zero-order chi connectivity index (χ0) is 26.4. The van der Waals surface area contributed by atoms with Crippen molar-refractivity contribution in [2.45, 2.75) is 77.2 Å². The van der Waals surface area contributed by atoms with Gasteiger partial charge in [-0.3, -0.25) is 4.79 Å². The minimum atomic E-state index is -0.177. The van der Waals surface area contributed by atoms with E-state index in [9.17, 15) is 4.79 Å². The molecule has 2 heterocycles. The minimum Gasteiger partial charge on any atom is -0.489 e. The van der Waals surface area contributed by atoms with Crippen LogP contribution in [0.2, 0.25) is 5.02 Å². The van der Waals surface area contributed by atoms with E-state index in [0.29, 0.717) is 6.10 Å².